The predicted molar refractivity (Wildman–Crippen MR) is 93.8 cm³/mol. The maximum Gasteiger partial charge on any atom is 0.416 e. The summed E-state index contributed by atoms with van der Waals surface area (Å²) in [7, 11) is 2.00. The van der Waals surface area contributed by atoms with E-state index in [0.717, 1.165) is 37.1 Å². The van der Waals surface area contributed by atoms with Gasteiger partial charge in [0.15, 0.2) is 0 Å². The van der Waals surface area contributed by atoms with Crippen LogP contribution in [0.1, 0.15) is 34.3 Å². The van der Waals surface area contributed by atoms with Gasteiger partial charge >= 0.3 is 6.18 Å². The Morgan fingerprint density at radius 3 is 2.31 bits per heavy atom. The molecule has 1 amide bonds. The molecule has 0 aliphatic carbocycles. The molecule has 0 unspecified atom stereocenters. The molecular formula is C20H21F3N2O. The van der Waals surface area contributed by atoms with Crippen LogP contribution < -0.4 is 5.32 Å². The van der Waals surface area contributed by atoms with Gasteiger partial charge in [0.1, 0.15) is 0 Å². The van der Waals surface area contributed by atoms with Gasteiger partial charge in [0, 0.05) is 12.1 Å². The molecule has 2 aromatic rings. The van der Waals surface area contributed by atoms with Crippen LogP contribution in [-0.4, -0.2) is 30.9 Å². The van der Waals surface area contributed by atoms with Gasteiger partial charge in [-0.05, 0) is 56.3 Å². The topological polar surface area (TPSA) is 32.3 Å². The van der Waals surface area contributed by atoms with Gasteiger partial charge in [-0.15, -0.1) is 0 Å². The number of nitrogens with zero attached hydrogens (tertiary/aromatic N) is 1. The number of hydrogen-bond acceptors (Lipinski definition) is 2. The van der Waals surface area contributed by atoms with E-state index in [1.54, 1.807) is 0 Å². The lowest BCUT2D eigenvalue weighted by Gasteiger charge is -2.42. The van der Waals surface area contributed by atoms with Gasteiger partial charge in [-0.25, -0.2) is 0 Å². The summed E-state index contributed by atoms with van der Waals surface area (Å²) in [6.07, 6.45) is -2.70. The highest BCUT2D eigenvalue weighted by Gasteiger charge is 2.37. The van der Waals surface area contributed by atoms with Crippen LogP contribution in [0.3, 0.4) is 0 Å². The van der Waals surface area contributed by atoms with Crippen molar-refractivity contribution in [1.29, 1.82) is 0 Å². The van der Waals surface area contributed by atoms with Crippen molar-refractivity contribution in [3.05, 3.63) is 71.3 Å². The Morgan fingerprint density at radius 1 is 1.08 bits per heavy atom. The monoisotopic (exact) mass is 362 g/mol. The minimum absolute atomic E-state index is 0.224. The number of piperidine rings is 1. The van der Waals surface area contributed by atoms with Crippen molar-refractivity contribution in [3.8, 4) is 0 Å². The zero-order valence-electron chi connectivity index (χ0n) is 14.5. The van der Waals surface area contributed by atoms with E-state index in [0.29, 0.717) is 6.54 Å². The fourth-order valence-corrected chi connectivity index (χ4v) is 3.54. The highest BCUT2D eigenvalue weighted by molar-refractivity contribution is 5.94. The molecule has 0 radical (unpaired) electrons. The standard InChI is InChI=1S/C20H21F3N2O/c1-25-13-5-12-19(14-25,16-6-3-2-4-7-16)24-18(26)15-8-10-17(11-9-15)20(21,22)23/h2-4,6-11H,5,12-14H2,1H3,(H,24,26)/t19-/m1/s1. The van der Waals surface area contributed by atoms with E-state index in [9.17, 15) is 18.0 Å². The third-order valence-electron chi connectivity index (χ3n) is 4.84. The van der Waals surface area contributed by atoms with E-state index < -0.39 is 17.3 Å². The van der Waals surface area contributed by atoms with E-state index in [1.807, 2.05) is 37.4 Å². The molecule has 138 valence electrons. The zero-order valence-corrected chi connectivity index (χ0v) is 14.5. The van der Waals surface area contributed by atoms with Crippen molar-refractivity contribution in [2.75, 3.05) is 20.1 Å². The maximum atomic E-state index is 12.7. The summed E-state index contributed by atoms with van der Waals surface area (Å²) in [5.41, 5.74) is -0.0776. The first-order chi connectivity index (χ1) is 12.3. The molecule has 0 bridgehead atoms. The predicted octanol–water partition coefficient (Wildman–Crippen LogP) is 4.06. The summed E-state index contributed by atoms with van der Waals surface area (Å²) in [6, 6.07) is 14.1. The van der Waals surface area contributed by atoms with Crippen LogP contribution in [0.5, 0.6) is 0 Å². The minimum Gasteiger partial charge on any atom is -0.341 e. The first kappa shape index (κ1) is 18.5. The van der Waals surface area contributed by atoms with Crippen LogP contribution in [0.15, 0.2) is 54.6 Å². The number of likely N-dealkylation sites (N-methyl/N-ethyl adjacent to an activating group) is 1. The number of benzene rings is 2. The molecule has 1 fully saturated rings. The number of amides is 1. The van der Waals surface area contributed by atoms with Crippen molar-refractivity contribution in [3.63, 3.8) is 0 Å². The lowest BCUT2D eigenvalue weighted by molar-refractivity contribution is -0.137. The van der Waals surface area contributed by atoms with Crippen LogP contribution in [-0.2, 0) is 11.7 Å². The van der Waals surface area contributed by atoms with Crippen molar-refractivity contribution < 1.29 is 18.0 Å². The maximum absolute atomic E-state index is 12.7. The van der Waals surface area contributed by atoms with Crippen LogP contribution >= 0.6 is 0 Å². The first-order valence-corrected chi connectivity index (χ1v) is 8.54. The Bertz CT molecular complexity index is 759. The fourth-order valence-electron chi connectivity index (χ4n) is 3.54. The minimum atomic E-state index is -4.41. The number of alkyl halides is 3. The Hall–Kier alpha value is -2.34. The van der Waals surface area contributed by atoms with E-state index in [1.165, 1.54) is 12.1 Å². The molecule has 2 aromatic carbocycles. The van der Waals surface area contributed by atoms with Crippen LogP contribution in [0, 0.1) is 0 Å². The first-order valence-electron chi connectivity index (χ1n) is 8.54. The molecule has 0 aromatic heterocycles. The molecule has 1 saturated heterocycles. The SMILES string of the molecule is CN1CCC[C@](NC(=O)c2ccc(C(F)(F)F)cc2)(c2ccccc2)C1. The molecule has 0 saturated carbocycles. The summed E-state index contributed by atoms with van der Waals surface area (Å²) < 4.78 is 38.1. The normalized spacial score (nSPS) is 21.4. The molecular weight excluding hydrogens is 341 g/mol. The van der Waals surface area contributed by atoms with Gasteiger partial charge in [0.05, 0.1) is 11.1 Å². The van der Waals surface area contributed by atoms with Gasteiger partial charge in [-0.1, -0.05) is 30.3 Å². The van der Waals surface area contributed by atoms with Gasteiger partial charge in [0.2, 0.25) is 0 Å². The average Bonchev–Trinajstić information content (AvgIpc) is 2.62. The van der Waals surface area contributed by atoms with E-state index in [2.05, 4.69) is 10.2 Å². The second-order valence-electron chi connectivity index (χ2n) is 6.82. The molecule has 3 nitrogen and oxygen atoms in total. The van der Waals surface area contributed by atoms with E-state index >= 15 is 0 Å². The number of hydrogen-bond donors (Lipinski definition) is 1. The molecule has 1 aliphatic heterocycles. The summed E-state index contributed by atoms with van der Waals surface area (Å²) in [6.45, 7) is 1.61. The van der Waals surface area contributed by atoms with Crippen LogP contribution in [0.25, 0.3) is 0 Å². The molecule has 1 atom stereocenters. The lowest BCUT2D eigenvalue weighted by atomic mass is 9.82. The Kier molecular flexibility index (Phi) is 5.05. The van der Waals surface area contributed by atoms with E-state index in [-0.39, 0.29) is 11.5 Å². The Balaban J connectivity index is 1.86. The van der Waals surface area contributed by atoms with Gasteiger partial charge in [0.25, 0.3) is 5.91 Å². The average molecular weight is 362 g/mol. The highest BCUT2D eigenvalue weighted by Crippen LogP contribution is 2.32. The third kappa shape index (κ3) is 3.90. The Labute approximate surface area is 150 Å². The summed E-state index contributed by atoms with van der Waals surface area (Å²) in [4.78, 5) is 14.9. The van der Waals surface area contributed by atoms with Gasteiger partial charge < -0.3 is 10.2 Å². The fraction of sp³-hybridized carbons (Fsp3) is 0.350. The molecule has 26 heavy (non-hydrogen) atoms. The second-order valence-corrected chi connectivity index (χ2v) is 6.82. The van der Waals surface area contributed by atoms with Crippen molar-refractivity contribution in [2.45, 2.75) is 24.6 Å². The molecule has 3 rings (SSSR count). The number of halogens is 3. The summed E-state index contributed by atoms with van der Waals surface area (Å²) >= 11 is 0. The largest absolute Gasteiger partial charge is 0.416 e. The van der Waals surface area contributed by atoms with E-state index in [4.69, 9.17) is 0 Å². The molecule has 0 spiro atoms. The van der Waals surface area contributed by atoms with Gasteiger partial charge in [-0.2, -0.15) is 13.2 Å². The van der Waals surface area contributed by atoms with Crippen LogP contribution in [0.2, 0.25) is 0 Å². The summed E-state index contributed by atoms with van der Waals surface area (Å²) in [5, 5.41) is 3.09. The molecule has 1 N–H and O–H groups in total. The number of carbonyl (C=O) groups excluding carboxylic acids is 1. The quantitative estimate of drug-likeness (QED) is 0.893. The van der Waals surface area contributed by atoms with Gasteiger partial charge in [-0.3, -0.25) is 4.79 Å². The second kappa shape index (κ2) is 7.11. The molecule has 1 heterocycles. The highest BCUT2D eigenvalue weighted by atomic mass is 19.4. The smallest absolute Gasteiger partial charge is 0.341 e. The number of carbonyl (C=O) groups is 1. The number of nitrogens with one attached hydrogen (secondary N) is 1. The lowest BCUT2D eigenvalue weighted by Crippen LogP contribution is -2.55. The van der Waals surface area contributed by atoms with Crippen molar-refractivity contribution >= 4 is 5.91 Å². The Morgan fingerprint density at radius 2 is 1.73 bits per heavy atom. The molecule has 1 aliphatic rings. The summed E-state index contributed by atoms with van der Waals surface area (Å²) in [5.74, 6) is -0.363. The van der Waals surface area contributed by atoms with Crippen LogP contribution in [0.4, 0.5) is 13.2 Å². The number of likely N-dealkylation sites (tertiary alicyclic amines) is 1. The van der Waals surface area contributed by atoms with Crippen molar-refractivity contribution in [1.82, 2.24) is 10.2 Å². The number of rotatable bonds is 3. The van der Waals surface area contributed by atoms with Crippen molar-refractivity contribution in [2.24, 2.45) is 0 Å². The molecule has 6 heteroatoms. The zero-order chi connectivity index (χ0) is 18.8. The third-order valence-corrected chi connectivity index (χ3v) is 4.84.